The van der Waals surface area contributed by atoms with Crippen molar-refractivity contribution < 1.29 is 34.1 Å². The highest BCUT2D eigenvalue weighted by molar-refractivity contribution is 6.24. The maximum Gasteiger partial charge on any atom is 0.436 e. The minimum Gasteiger partial charge on any atom is -0.464 e. The molecule has 0 bridgehead atoms. The van der Waals surface area contributed by atoms with Gasteiger partial charge in [-0.2, -0.15) is 5.01 Å². The Morgan fingerprint density at radius 1 is 0.902 bits per heavy atom. The molecule has 0 aromatic heterocycles. The zero-order chi connectivity index (χ0) is 32.4. The fraction of sp³-hybridized carbons (Fsp3) is 0.815. The van der Waals surface area contributed by atoms with E-state index in [-0.39, 0.29) is 16.9 Å². The number of likely N-dealkylation sites (tertiary alicyclic amines) is 1. The van der Waals surface area contributed by atoms with E-state index in [2.05, 4.69) is 0 Å². The lowest BCUT2D eigenvalue weighted by Crippen LogP contribution is -2.80. The van der Waals surface area contributed by atoms with Crippen LogP contribution in [-0.2, 0) is 0 Å². The van der Waals surface area contributed by atoms with Gasteiger partial charge in [0.25, 0.3) is 0 Å². The number of carbonyl (C=O) groups is 3. The molecule has 41 heavy (non-hydrogen) atoms. The summed E-state index contributed by atoms with van der Waals surface area (Å²) in [7, 11) is 3.86. The van der Waals surface area contributed by atoms with Gasteiger partial charge in [0.1, 0.15) is 5.82 Å². The van der Waals surface area contributed by atoms with Gasteiger partial charge in [0, 0.05) is 29.1 Å². The zero-order valence-corrected chi connectivity index (χ0v) is 27.3. The first-order valence-electron chi connectivity index (χ1n) is 13.6. The van der Waals surface area contributed by atoms with Crippen LogP contribution in [0.1, 0.15) is 82.6 Å². The predicted molar refractivity (Wildman–Crippen MR) is 154 cm³/mol. The Labute approximate surface area is 247 Å². The molecule has 3 amide bonds. The SMILES string of the molecule is CN(C)C1CCN(C2=C(F)C(N(C(=O)O)N(C(=O)O)C(=O)O)N(C(C)(C)C)C(Cl)(C(C)(C)C)N2C(C)(C)C)C1(C)C. The maximum absolute atomic E-state index is 17.6. The van der Waals surface area contributed by atoms with Crippen molar-refractivity contribution in [1.29, 1.82) is 0 Å². The summed E-state index contributed by atoms with van der Waals surface area (Å²) in [6, 6.07) is -0.0202. The van der Waals surface area contributed by atoms with Gasteiger partial charge < -0.3 is 30.0 Å². The Kier molecular flexibility index (Phi) is 9.00. The molecule has 0 spiro atoms. The molecule has 2 aliphatic heterocycles. The third-order valence-corrected chi connectivity index (χ3v) is 8.80. The van der Waals surface area contributed by atoms with Crippen molar-refractivity contribution in [1.82, 2.24) is 29.6 Å². The number of nitrogens with zero attached hydrogens (tertiary/aromatic N) is 6. The number of hydrogen-bond acceptors (Lipinski definition) is 7. The molecule has 3 N–H and O–H groups in total. The topological polar surface area (TPSA) is 131 Å². The molecular formula is C27H48ClFN6O6. The van der Waals surface area contributed by atoms with Gasteiger partial charge in [-0.25, -0.2) is 23.7 Å². The third-order valence-electron chi connectivity index (χ3n) is 7.88. The van der Waals surface area contributed by atoms with Gasteiger partial charge in [-0.1, -0.05) is 32.4 Å². The average Bonchev–Trinajstić information content (AvgIpc) is 3.03. The van der Waals surface area contributed by atoms with E-state index in [9.17, 15) is 29.7 Å². The number of rotatable bonds is 3. The van der Waals surface area contributed by atoms with Crippen LogP contribution in [0.5, 0.6) is 0 Å². The minimum absolute atomic E-state index is 0.000615. The monoisotopic (exact) mass is 606 g/mol. The fourth-order valence-corrected chi connectivity index (χ4v) is 7.07. The number of likely N-dealkylation sites (N-methyl/N-ethyl adjacent to an activating group) is 1. The quantitative estimate of drug-likeness (QED) is 0.213. The molecule has 1 saturated heterocycles. The number of hydrazine groups is 1. The van der Waals surface area contributed by atoms with Crippen LogP contribution in [0.15, 0.2) is 11.6 Å². The molecule has 3 atom stereocenters. The van der Waals surface area contributed by atoms with Crippen LogP contribution < -0.4 is 0 Å². The van der Waals surface area contributed by atoms with E-state index >= 15 is 4.39 Å². The fourth-order valence-electron chi connectivity index (χ4n) is 6.39. The van der Waals surface area contributed by atoms with Gasteiger partial charge >= 0.3 is 18.3 Å². The van der Waals surface area contributed by atoms with Crippen molar-refractivity contribution in [2.75, 3.05) is 20.6 Å². The molecule has 14 heteroatoms. The van der Waals surface area contributed by atoms with Crippen molar-refractivity contribution in [3.8, 4) is 0 Å². The number of amides is 3. The number of halogens is 2. The summed E-state index contributed by atoms with van der Waals surface area (Å²) in [5, 5.41) is 27.9. The second kappa shape index (κ2) is 10.6. The van der Waals surface area contributed by atoms with E-state index in [0.29, 0.717) is 13.0 Å². The van der Waals surface area contributed by atoms with Gasteiger partial charge in [-0.3, -0.25) is 0 Å². The van der Waals surface area contributed by atoms with Crippen LogP contribution in [0.25, 0.3) is 0 Å². The van der Waals surface area contributed by atoms with E-state index < -0.39 is 62.4 Å². The van der Waals surface area contributed by atoms with Crippen molar-refractivity contribution in [2.24, 2.45) is 5.41 Å². The zero-order valence-electron chi connectivity index (χ0n) is 26.6. The minimum atomic E-state index is -2.11. The van der Waals surface area contributed by atoms with E-state index in [0.717, 1.165) is 0 Å². The normalized spacial score (nSPS) is 26.0. The Hall–Kier alpha value is -2.51. The summed E-state index contributed by atoms with van der Waals surface area (Å²) in [4.78, 5) is 44.1. The molecule has 2 heterocycles. The lowest BCUT2D eigenvalue weighted by Gasteiger charge is -2.67. The third kappa shape index (κ3) is 5.64. The van der Waals surface area contributed by atoms with Crippen molar-refractivity contribution in [3.63, 3.8) is 0 Å². The Morgan fingerprint density at radius 2 is 1.37 bits per heavy atom. The Morgan fingerprint density at radius 3 is 1.66 bits per heavy atom. The van der Waals surface area contributed by atoms with Crippen LogP contribution >= 0.6 is 11.6 Å². The van der Waals surface area contributed by atoms with Crippen LogP contribution in [0, 0.1) is 5.41 Å². The standard InChI is InChI=1S/C27H48ClFN6O6/c1-23(2,3)27(28)34(24(4,5)6)18(31-15-14-16(30(12)13)26(31,10)11)17(29)19(35(27)25(7,8)9)32(20(36)37)33(21(38)39)22(40)41/h16,19H,14-15H2,1-13H3,(H,36,37)(H,38,39)(H,40,41). The molecule has 0 saturated carbocycles. The van der Waals surface area contributed by atoms with E-state index in [1.165, 1.54) is 4.90 Å². The molecule has 236 valence electrons. The predicted octanol–water partition coefficient (Wildman–Crippen LogP) is 5.57. The first kappa shape index (κ1) is 34.7. The Bertz CT molecular complexity index is 1080. The second-order valence-corrected chi connectivity index (χ2v) is 15.0. The van der Waals surface area contributed by atoms with Crippen molar-refractivity contribution in [2.45, 2.75) is 117 Å². The van der Waals surface area contributed by atoms with E-state index in [4.69, 9.17) is 11.6 Å². The number of alkyl halides is 1. The summed E-state index contributed by atoms with van der Waals surface area (Å²) in [6.45, 7) is 20.4. The van der Waals surface area contributed by atoms with Gasteiger partial charge in [-0.15, -0.1) is 5.01 Å². The van der Waals surface area contributed by atoms with E-state index in [1.54, 1.807) is 25.7 Å². The number of imide groups is 1. The maximum atomic E-state index is 17.6. The smallest absolute Gasteiger partial charge is 0.436 e. The second-order valence-electron chi connectivity index (χ2n) is 14.5. The summed E-state index contributed by atoms with van der Waals surface area (Å²) in [5.74, 6) is -1.04. The lowest BCUT2D eigenvalue weighted by molar-refractivity contribution is -0.207. The van der Waals surface area contributed by atoms with Gasteiger partial charge in [0.05, 0.1) is 5.54 Å². The van der Waals surface area contributed by atoms with Gasteiger partial charge in [0.2, 0.25) is 0 Å². The number of carboxylic acid groups (broad SMARTS) is 3. The molecule has 0 aromatic rings. The largest absolute Gasteiger partial charge is 0.464 e. The molecule has 1 fully saturated rings. The molecular weight excluding hydrogens is 559 g/mol. The van der Waals surface area contributed by atoms with Crippen molar-refractivity contribution in [3.05, 3.63) is 11.6 Å². The number of hydrogen-bond donors (Lipinski definition) is 3. The average molecular weight is 607 g/mol. The summed E-state index contributed by atoms with van der Waals surface area (Å²) in [5.41, 5.74) is -3.59. The molecule has 2 rings (SSSR count). The summed E-state index contributed by atoms with van der Waals surface area (Å²) in [6.07, 6.45) is -7.59. The molecule has 2 aliphatic rings. The highest BCUT2D eigenvalue weighted by Crippen LogP contribution is 2.57. The first-order chi connectivity index (χ1) is 18.2. The summed E-state index contributed by atoms with van der Waals surface area (Å²) >= 11 is 7.77. The lowest BCUT2D eigenvalue weighted by atomic mass is 9.82. The van der Waals surface area contributed by atoms with Crippen LogP contribution in [-0.4, -0.2) is 118 Å². The highest BCUT2D eigenvalue weighted by Gasteiger charge is 2.67. The van der Waals surface area contributed by atoms with Gasteiger partial charge in [0.15, 0.2) is 17.1 Å². The van der Waals surface area contributed by atoms with Crippen molar-refractivity contribution >= 4 is 29.9 Å². The van der Waals surface area contributed by atoms with Crippen LogP contribution in [0.2, 0.25) is 0 Å². The molecule has 0 aliphatic carbocycles. The molecule has 0 radical (unpaired) electrons. The highest BCUT2D eigenvalue weighted by atomic mass is 35.5. The Balaban J connectivity index is 3.25. The van der Waals surface area contributed by atoms with Crippen LogP contribution in [0.3, 0.4) is 0 Å². The van der Waals surface area contributed by atoms with Gasteiger partial charge in [-0.05, 0) is 75.9 Å². The molecule has 3 unspecified atom stereocenters. The molecule has 12 nitrogen and oxygen atoms in total. The summed E-state index contributed by atoms with van der Waals surface area (Å²) < 4.78 is 17.6. The first-order valence-corrected chi connectivity index (χ1v) is 13.9. The molecule has 0 aromatic carbocycles. The van der Waals surface area contributed by atoms with E-state index in [1.807, 2.05) is 79.3 Å². The van der Waals surface area contributed by atoms with Crippen LogP contribution in [0.4, 0.5) is 18.8 Å².